The van der Waals surface area contributed by atoms with Crippen molar-refractivity contribution in [3.05, 3.63) is 0 Å². The van der Waals surface area contributed by atoms with Crippen LogP contribution in [0.4, 0.5) is 0 Å². The Labute approximate surface area is 88.5 Å². The molecule has 0 N–H and O–H groups in total. The number of esters is 1. The van der Waals surface area contributed by atoms with E-state index in [1.54, 1.807) is 13.8 Å². The van der Waals surface area contributed by atoms with Gasteiger partial charge in [-0.25, -0.2) is 0 Å². The summed E-state index contributed by atoms with van der Waals surface area (Å²) < 4.78 is 15.6. The molecule has 0 radical (unpaired) electrons. The van der Waals surface area contributed by atoms with Crippen LogP contribution in [-0.2, 0) is 19.0 Å². The Balaban J connectivity index is 2.40. The first-order chi connectivity index (χ1) is 6.59. The fraction of sp³-hybridized carbons (Fsp3) is 0.889. The van der Waals surface area contributed by atoms with Crippen molar-refractivity contribution >= 4 is 17.6 Å². The fourth-order valence-corrected chi connectivity index (χ4v) is 1.48. The Hall–Kier alpha value is -0.320. The SMILES string of the molecule is CCOC(=O)C[C@@]1(C)OC[C@H](CCl)O1. The molecule has 1 aliphatic heterocycles. The molecule has 0 spiro atoms. The minimum Gasteiger partial charge on any atom is -0.466 e. The van der Waals surface area contributed by atoms with Crippen LogP contribution in [0.3, 0.4) is 0 Å². The summed E-state index contributed by atoms with van der Waals surface area (Å²) in [4.78, 5) is 11.2. The summed E-state index contributed by atoms with van der Waals surface area (Å²) in [6.07, 6.45) is -0.0232. The van der Waals surface area contributed by atoms with Gasteiger partial charge >= 0.3 is 5.97 Å². The lowest BCUT2D eigenvalue weighted by atomic mass is 10.2. The zero-order valence-electron chi connectivity index (χ0n) is 8.42. The van der Waals surface area contributed by atoms with Gasteiger partial charge < -0.3 is 14.2 Å². The molecular formula is C9H15ClO4. The summed E-state index contributed by atoms with van der Waals surface area (Å²) in [6, 6.07) is 0. The van der Waals surface area contributed by atoms with Crippen molar-refractivity contribution in [1.82, 2.24) is 0 Å². The Morgan fingerprint density at radius 3 is 2.93 bits per heavy atom. The molecule has 4 nitrogen and oxygen atoms in total. The number of carbonyl (C=O) groups is 1. The largest absolute Gasteiger partial charge is 0.466 e. The van der Waals surface area contributed by atoms with Crippen molar-refractivity contribution in [2.24, 2.45) is 0 Å². The van der Waals surface area contributed by atoms with Crippen LogP contribution < -0.4 is 0 Å². The highest BCUT2D eigenvalue weighted by Gasteiger charge is 2.39. The lowest BCUT2D eigenvalue weighted by Crippen LogP contribution is -2.31. The molecule has 0 aliphatic carbocycles. The average Bonchev–Trinajstić information content (AvgIpc) is 2.47. The number of rotatable bonds is 4. The summed E-state index contributed by atoms with van der Waals surface area (Å²) in [5, 5.41) is 0. The summed E-state index contributed by atoms with van der Waals surface area (Å²) in [5.74, 6) is -0.810. The van der Waals surface area contributed by atoms with Gasteiger partial charge in [-0.2, -0.15) is 0 Å². The number of carbonyl (C=O) groups excluding carboxylic acids is 1. The summed E-state index contributed by atoms with van der Waals surface area (Å²) >= 11 is 5.61. The number of halogens is 1. The summed E-state index contributed by atoms with van der Waals surface area (Å²) in [7, 11) is 0. The van der Waals surface area contributed by atoms with Crippen LogP contribution in [0.25, 0.3) is 0 Å². The molecule has 2 atom stereocenters. The highest BCUT2D eigenvalue weighted by molar-refractivity contribution is 6.18. The standard InChI is InChI=1S/C9H15ClO4/c1-3-12-8(11)4-9(2)13-6-7(5-10)14-9/h7H,3-6H2,1-2H3/t7-,9-/m0/s1. The molecule has 0 aromatic rings. The first-order valence-electron chi connectivity index (χ1n) is 4.63. The van der Waals surface area contributed by atoms with Gasteiger partial charge in [0.15, 0.2) is 5.79 Å². The zero-order chi connectivity index (χ0) is 10.6. The maximum absolute atomic E-state index is 11.2. The van der Waals surface area contributed by atoms with E-state index in [2.05, 4.69) is 0 Å². The third kappa shape index (κ3) is 3.12. The van der Waals surface area contributed by atoms with Gasteiger partial charge in [0.05, 0.1) is 31.6 Å². The Bertz CT molecular complexity index is 209. The van der Waals surface area contributed by atoms with E-state index in [-0.39, 0.29) is 18.5 Å². The first kappa shape index (κ1) is 11.8. The van der Waals surface area contributed by atoms with E-state index in [9.17, 15) is 4.79 Å². The molecule has 0 amide bonds. The van der Waals surface area contributed by atoms with Crippen LogP contribution in [0.2, 0.25) is 0 Å². The molecule has 5 heteroatoms. The molecule has 14 heavy (non-hydrogen) atoms. The van der Waals surface area contributed by atoms with Crippen molar-refractivity contribution in [2.45, 2.75) is 32.2 Å². The van der Waals surface area contributed by atoms with E-state index >= 15 is 0 Å². The molecule has 1 saturated heterocycles. The summed E-state index contributed by atoms with van der Waals surface area (Å²) in [6.45, 7) is 4.28. The van der Waals surface area contributed by atoms with E-state index < -0.39 is 5.79 Å². The Morgan fingerprint density at radius 2 is 2.43 bits per heavy atom. The molecule has 1 fully saturated rings. The van der Waals surface area contributed by atoms with Gasteiger partial charge in [0, 0.05) is 0 Å². The number of alkyl halides is 1. The van der Waals surface area contributed by atoms with Crippen molar-refractivity contribution in [2.75, 3.05) is 19.1 Å². The number of hydrogen-bond acceptors (Lipinski definition) is 4. The normalized spacial score (nSPS) is 31.8. The van der Waals surface area contributed by atoms with Gasteiger partial charge in [0.2, 0.25) is 0 Å². The second-order valence-electron chi connectivity index (χ2n) is 3.32. The average molecular weight is 223 g/mol. The Kier molecular flexibility index (Phi) is 4.16. The zero-order valence-corrected chi connectivity index (χ0v) is 9.17. The minimum absolute atomic E-state index is 0.105. The topological polar surface area (TPSA) is 44.8 Å². The van der Waals surface area contributed by atoms with Crippen molar-refractivity contribution in [3.63, 3.8) is 0 Å². The quantitative estimate of drug-likeness (QED) is 0.532. The van der Waals surface area contributed by atoms with E-state index in [0.29, 0.717) is 19.1 Å². The second kappa shape index (κ2) is 4.96. The molecule has 0 aromatic heterocycles. The van der Waals surface area contributed by atoms with Crippen LogP contribution >= 0.6 is 11.6 Å². The Morgan fingerprint density at radius 1 is 1.71 bits per heavy atom. The predicted molar refractivity (Wildman–Crippen MR) is 51.2 cm³/mol. The highest BCUT2D eigenvalue weighted by atomic mass is 35.5. The second-order valence-corrected chi connectivity index (χ2v) is 3.63. The number of ether oxygens (including phenoxy) is 3. The highest BCUT2D eigenvalue weighted by Crippen LogP contribution is 2.27. The molecular weight excluding hydrogens is 208 g/mol. The predicted octanol–water partition coefficient (Wildman–Crippen LogP) is 1.31. The first-order valence-corrected chi connectivity index (χ1v) is 5.16. The molecule has 0 aromatic carbocycles. The van der Waals surface area contributed by atoms with Crippen molar-refractivity contribution in [1.29, 1.82) is 0 Å². The van der Waals surface area contributed by atoms with Gasteiger partial charge in [-0.3, -0.25) is 4.79 Å². The minimum atomic E-state index is -0.869. The van der Waals surface area contributed by atoms with E-state index in [1.165, 1.54) is 0 Å². The smallest absolute Gasteiger partial charge is 0.311 e. The maximum Gasteiger partial charge on any atom is 0.311 e. The third-order valence-electron chi connectivity index (χ3n) is 1.93. The van der Waals surface area contributed by atoms with E-state index in [4.69, 9.17) is 25.8 Å². The molecule has 0 bridgehead atoms. The van der Waals surface area contributed by atoms with Crippen molar-refractivity contribution in [3.8, 4) is 0 Å². The molecule has 1 aliphatic rings. The van der Waals surface area contributed by atoms with E-state index in [1.807, 2.05) is 0 Å². The molecule has 1 rings (SSSR count). The maximum atomic E-state index is 11.2. The van der Waals surface area contributed by atoms with Crippen LogP contribution in [0, 0.1) is 0 Å². The molecule has 0 unspecified atom stereocenters. The van der Waals surface area contributed by atoms with Gasteiger partial charge in [-0.15, -0.1) is 11.6 Å². The lowest BCUT2D eigenvalue weighted by molar-refractivity contribution is -0.178. The van der Waals surface area contributed by atoms with Gasteiger partial charge in [-0.05, 0) is 13.8 Å². The van der Waals surface area contributed by atoms with Crippen LogP contribution in [0.15, 0.2) is 0 Å². The molecule has 0 saturated carbocycles. The van der Waals surface area contributed by atoms with Crippen LogP contribution in [-0.4, -0.2) is 37.0 Å². The van der Waals surface area contributed by atoms with Crippen LogP contribution in [0.5, 0.6) is 0 Å². The van der Waals surface area contributed by atoms with E-state index in [0.717, 1.165) is 0 Å². The third-order valence-corrected chi connectivity index (χ3v) is 2.28. The van der Waals surface area contributed by atoms with Gasteiger partial charge in [-0.1, -0.05) is 0 Å². The van der Waals surface area contributed by atoms with Gasteiger partial charge in [0.25, 0.3) is 0 Å². The number of hydrogen-bond donors (Lipinski definition) is 0. The lowest BCUT2D eigenvalue weighted by Gasteiger charge is -2.21. The van der Waals surface area contributed by atoms with Crippen LogP contribution in [0.1, 0.15) is 20.3 Å². The fourth-order valence-electron chi connectivity index (χ4n) is 1.33. The molecule has 82 valence electrons. The van der Waals surface area contributed by atoms with Gasteiger partial charge in [0.1, 0.15) is 0 Å². The molecule has 1 heterocycles. The monoisotopic (exact) mass is 222 g/mol. The summed E-state index contributed by atoms with van der Waals surface area (Å²) in [5.41, 5.74) is 0. The van der Waals surface area contributed by atoms with Crippen molar-refractivity contribution < 1.29 is 19.0 Å².